The van der Waals surface area contributed by atoms with Crippen LogP contribution in [0.15, 0.2) is 53.9 Å². The van der Waals surface area contributed by atoms with Crippen LogP contribution < -0.4 is 10.1 Å². The second kappa shape index (κ2) is 9.89. The van der Waals surface area contributed by atoms with Crippen molar-refractivity contribution in [2.75, 3.05) is 17.7 Å². The first-order chi connectivity index (χ1) is 13.7. The lowest BCUT2D eigenvalue weighted by molar-refractivity contribution is -0.113. The van der Waals surface area contributed by atoms with Crippen molar-refractivity contribution < 1.29 is 9.53 Å². The van der Waals surface area contributed by atoms with E-state index in [0.29, 0.717) is 18.0 Å². The molecule has 0 saturated heterocycles. The lowest BCUT2D eigenvalue weighted by Gasteiger charge is -2.11. The molecule has 0 radical (unpaired) electrons. The standard InChI is InChI=1S/C20H23N5O2S/c1-3-13-25-19(15-9-11-21-12-10-15)23-24-20(25)28-14-18(26)22-16-7-5-6-8-17(16)27-4-2/h5-12H,3-4,13-14H2,1-2H3,(H,22,26). The van der Waals surface area contributed by atoms with Gasteiger partial charge in [-0.25, -0.2) is 0 Å². The molecule has 28 heavy (non-hydrogen) atoms. The largest absolute Gasteiger partial charge is 0.492 e. The number of hydrogen-bond acceptors (Lipinski definition) is 6. The highest BCUT2D eigenvalue weighted by Gasteiger charge is 2.15. The van der Waals surface area contributed by atoms with Crippen molar-refractivity contribution in [1.29, 1.82) is 0 Å². The first-order valence-corrected chi connectivity index (χ1v) is 10.2. The minimum Gasteiger partial charge on any atom is -0.492 e. The first-order valence-electron chi connectivity index (χ1n) is 9.21. The number of rotatable bonds is 9. The number of pyridine rings is 1. The maximum absolute atomic E-state index is 12.4. The van der Waals surface area contributed by atoms with Crippen molar-refractivity contribution in [2.24, 2.45) is 0 Å². The molecular weight excluding hydrogens is 374 g/mol. The van der Waals surface area contributed by atoms with Gasteiger partial charge >= 0.3 is 0 Å². The summed E-state index contributed by atoms with van der Waals surface area (Å²) >= 11 is 1.37. The Labute approximate surface area is 168 Å². The number of ether oxygens (including phenoxy) is 1. The van der Waals surface area contributed by atoms with Crippen molar-refractivity contribution in [1.82, 2.24) is 19.7 Å². The van der Waals surface area contributed by atoms with Gasteiger partial charge in [-0.2, -0.15) is 0 Å². The number of para-hydroxylation sites is 2. The predicted octanol–water partition coefficient (Wildman–Crippen LogP) is 3.88. The summed E-state index contributed by atoms with van der Waals surface area (Å²) in [4.78, 5) is 16.5. The lowest BCUT2D eigenvalue weighted by atomic mass is 10.2. The van der Waals surface area contributed by atoms with E-state index >= 15 is 0 Å². The molecule has 0 spiro atoms. The zero-order valence-electron chi connectivity index (χ0n) is 16.0. The highest BCUT2D eigenvalue weighted by Crippen LogP contribution is 2.26. The smallest absolute Gasteiger partial charge is 0.234 e. The average Bonchev–Trinajstić information content (AvgIpc) is 3.12. The molecule has 0 aliphatic rings. The van der Waals surface area contributed by atoms with Crippen LogP contribution in [0.5, 0.6) is 5.75 Å². The number of hydrogen-bond donors (Lipinski definition) is 1. The molecule has 1 amide bonds. The number of carbonyl (C=O) groups is 1. The molecule has 0 atom stereocenters. The van der Waals surface area contributed by atoms with Gasteiger partial charge in [-0.05, 0) is 37.6 Å². The molecule has 2 aromatic heterocycles. The topological polar surface area (TPSA) is 81.9 Å². The van der Waals surface area contributed by atoms with Gasteiger partial charge in [0.1, 0.15) is 5.75 Å². The third kappa shape index (κ3) is 4.89. The van der Waals surface area contributed by atoms with Crippen molar-refractivity contribution in [2.45, 2.75) is 32.0 Å². The van der Waals surface area contributed by atoms with Crippen LogP contribution in [0.2, 0.25) is 0 Å². The minimum absolute atomic E-state index is 0.117. The summed E-state index contributed by atoms with van der Waals surface area (Å²) in [5.74, 6) is 1.57. The van der Waals surface area contributed by atoms with Crippen LogP contribution in [0.3, 0.4) is 0 Å². The van der Waals surface area contributed by atoms with Crippen molar-refractivity contribution in [3.8, 4) is 17.1 Å². The Bertz CT molecular complexity index is 914. The summed E-state index contributed by atoms with van der Waals surface area (Å²) in [7, 11) is 0. The molecule has 0 aliphatic carbocycles. The zero-order valence-corrected chi connectivity index (χ0v) is 16.8. The predicted molar refractivity (Wildman–Crippen MR) is 111 cm³/mol. The summed E-state index contributed by atoms with van der Waals surface area (Å²) < 4.78 is 7.59. The second-order valence-electron chi connectivity index (χ2n) is 5.96. The normalized spacial score (nSPS) is 10.6. The van der Waals surface area contributed by atoms with E-state index in [0.717, 1.165) is 29.5 Å². The molecular formula is C20H23N5O2S. The molecule has 0 aliphatic heterocycles. The molecule has 0 fully saturated rings. The molecule has 2 heterocycles. The fourth-order valence-corrected chi connectivity index (χ4v) is 3.47. The minimum atomic E-state index is -0.117. The van der Waals surface area contributed by atoms with E-state index in [4.69, 9.17) is 4.74 Å². The molecule has 0 bridgehead atoms. The third-order valence-corrected chi connectivity index (χ3v) is 4.86. The van der Waals surface area contributed by atoms with Crippen LogP contribution in [0.1, 0.15) is 20.3 Å². The van der Waals surface area contributed by atoms with Gasteiger partial charge in [0.15, 0.2) is 11.0 Å². The van der Waals surface area contributed by atoms with Gasteiger partial charge in [0, 0.05) is 24.5 Å². The first kappa shape index (κ1) is 19.9. The van der Waals surface area contributed by atoms with Crippen molar-refractivity contribution in [3.63, 3.8) is 0 Å². The van der Waals surface area contributed by atoms with E-state index in [9.17, 15) is 4.79 Å². The fraction of sp³-hybridized carbons (Fsp3) is 0.300. The summed E-state index contributed by atoms with van der Waals surface area (Å²) in [5.41, 5.74) is 1.63. The van der Waals surface area contributed by atoms with E-state index in [1.165, 1.54) is 11.8 Å². The summed E-state index contributed by atoms with van der Waals surface area (Å²) in [6, 6.07) is 11.2. The number of aromatic nitrogens is 4. The Hall–Kier alpha value is -2.87. The molecule has 7 nitrogen and oxygen atoms in total. The van der Waals surface area contributed by atoms with Gasteiger partial charge in [0.05, 0.1) is 18.0 Å². The quantitative estimate of drug-likeness (QED) is 0.552. The van der Waals surface area contributed by atoms with Crippen LogP contribution >= 0.6 is 11.8 Å². The molecule has 0 saturated carbocycles. The number of thioether (sulfide) groups is 1. The number of amides is 1. The van der Waals surface area contributed by atoms with Gasteiger partial charge < -0.3 is 14.6 Å². The lowest BCUT2D eigenvalue weighted by Crippen LogP contribution is -2.15. The average molecular weight is 398 g/mol. The Morgan fingerprint density at radius 2 is 1.93 bits per heavy atom. The number of nitrogens with one attached hydrogen (secondary N) is 1. The van der Waals surface area contributed by atoms with Gasteiger partial charge in [0.25, 0.3) is 0 Å². The Morgan fingerprint density at radius 3 is 2.68 bits per heavy atom. The van der Waals surface area contributed by atoms with Crippen molar-refractivity contribution >= 4 is 23.4 Å². The van der Waals surface area contributed by atoms with E-state index in [-0.39, 0.29) is 11.7 Å². The highest BCUT2D eigenvalue weighted by molar-refractivity contribution is 7.99. The SMILES string of the molecule is CCCn1c(SCC(=O)Nc2ccccc2OCC)nnc1-c1ccncc1. The van der Waals surface area contributed by atoms with E-state index in [1.807, 2.05) is 47.9 Å². The summed E-state index contributed by atoms with van der Waals surface area (Å²) in [6.07, 6.45) is 4.41. The molecule has 8 heteroatoms. The maximum atomic E-state index is 12.4. The molecule has 3 aromatic rings. The Balaban J connectivity index is 1.69. The number of anilines is 1. The number of benzene rings is 1. The van der Waals surface area contributed by atoms with Crippen molar-refractivity contribution in [3.05, 3.63) is 48.8 Å². The number of carbonyl (C=O) groups excluding carboxylic acids is 1. The molecule has 3 rings (SSSR count). The van der Waals surface area contributed by atoms with E-state index in [1.54, 1.807) is 12.4 Å². The Kier molecular flexibility index (Phi) is 7.02. The summed E-state index contributed by atoms with van der Waals surface area (Å²) in [5, 5.41) is 12.2. The molecule has 0 unspecified atom stereocenters. The van der Waals surface area contributed by atoms with E-state index in [2.05, 4.69) is 27.4 Å². The Morgan fingerprint density at radius 1 is 1.14 bits per heavy atom. The maximum Gasteiger partial charge on any atom is 0.234 e. The van der Waals surface area contributed by atoms with Crippen LogP contribution in [0, 0.1) is 0 Å². The monoisotopic (exact) mass is 397 g/mol. The summed E-state index contributed by atoms with van der Waals surface area (Å²) in [6.45, 7) is 5.33. The fourth-order valence-electron chi connectivity index (χ4n) is 2.70. The van der Waals surface area contributed by atoms with Gasteiger partial charge in [-0.3, -0.25) is 9.78 Å². The van der Waals surface area contributed by atoms with Crippen LogP contribution in [0.4, 0.5) is 5.69 Å². The van der Waals surface area contributed by atoms with E-state index < -0.39 is 0 Å². The number of nitrogens with zero attached hydrogens (tertiary/aromatic N) is 4. The molecule has 1 N–H and O–H groups in total. The van der Waals surface area contributed by atoms with Gasteiger partial charge in [-0.1, -0.05) is 30.8 Å². The molecule has 1 aromatic carbocycles. The van der Waals surface area contributed by atoms with Crippen LogP contribution in [0.25, 0.3) is 11.4 Å². The van der Waals surface area contributed by atoms with Crippen LogP contribution in [-0.4, -0.2) is 38.0 Å². The zero-order chi connectivity index (χ0) is 19.8. The van der Waals surface area contributed by atoms with Gasteiger partial charge in [0.2, 0.25) is 5.91 Å². The second-order valence-corrected chi connectivity index (χ2v) is 6.90. The third-order valence-electron chi connectivity index (χ3n) is 3.90. The van der Waals surface area contributed by atoms with Gasteiger partial charge in [-0.15, -0.1) is 10.2 Å². The van der Waals surface area contributed by atoms with Crippen LogP contribution in [-0.2, 0) is 11.3 Å². The highest BCUT2D eigenvalue weighted by atomic mass is 32.2. The molecule has 146 valence electrons.